The summed E-state index contributed by atoms with van der Waals surface area (Å²) in [5, 5.41) is 8.58. The lowest BCUT2D eigenvalue weighted by atomic mass is 10.2. The van der Waals surface area contributed by atoms with Crippen LogP contribution in [0.3, 0.4) is 0 Å². The third-order valence-electron chi connectivity index (χ3n) is 3.06. The van der Waals surface area contributed by atoms with E-state index in [1.54, 1.807) is 19.2 Å². The maximum atomic E-state index is 11.9. The van der Waals surface area contributed by atoms with Crippen LogP contribution in [-0.2, 0) is 9.59 Å². The molecule has 0 bridgehead atoms. The van der Waals surface area contributed by atoms with Gasteiger partial charge in [-0.1, -0.05) is 19.9 Å². The molecule has 6 nitrogen and oxygen atoms in total. The first-order valence-corrected chi connectivity index (χ1v) is 7.70. The number of hydrogen-bond donors (Lipinski definition) is 1. The zero-order valence-electron chi connectivity index (χ0n) is 13.9. The van der Waals surface area contributed by atoms with Crippen molar-refractivity contribution in [3.63, 3.8) is 0 Å². The maximum absolute atomic E-state index is 11.9. The second-order valence-electron chi connectivity index (χ2n) is 5.78. The van der Waals surface area contributed by atoms with Crippen LogP contribution in [0.1, 0.15) is 26.7 Å². The first-order valence-electron chi connectivity index (χ1n) is 7.70. The minimum atomic E-state index is -0.861. The molecule has 0 spiro atoms. The normalized spacial score (nSPS) is 10.4. The molecule has 0 aliphatic heterocycles. The standard InChI is InChI=1S/C17H25NO5/c1-13(2)11-22-14-6-4-7-15(10-14)23-12-16(19)18(3)9-5-8-17(20)21/h4,6-7,10,13H,5,8-9,11-12H2,1-3H3,(H,20,21). The molecule has 1 aromatic carbocycles. The van der Waals surface area contributed by atoms with Crippen LogP contribution in [0.25, 0.3) is 0 Å². The van der Waals surface area contributed by atoms with Gasteiger partial charge in [-0.25, -0.2) is 0 Å². The predicted octanol–water partition coefficient (Wildman–Crippen LogP) is 2.42. The van der Waals surface area contributed by atoms with Crippen LogP contribution >= 0.6 is 0 Å². The number of carboxylic acid groups (broad SMARTS) is 1. The highest BCUT2D eigenvalue weighted by Crippen LogP contribution is 2.20. The van der Waals surface area contributed by atoms with Crippen molar-refractivity contribution in [2.75, 3.05) is 26.8 Å². The van der Waals surface area contributed by atoms with E-state index in [9.17, 15) is 9.59 Å². The van der Waals surface area contributed by atoms with Gasteiger partial charge in [-0.3, -0.25) is 9.59 Å². The summed E-state index contributed by atoms with van der Waals surface area (Å²) in [7, 11) is 1.63. The number of hydrogen-bond acceptors (Lipinski definition) is 4. The molecular weight excluding hydrogens is 298 g/mol. The molecule has 0 unspecified atom stereocenters. The Hall–Kier alpha value is -2.24. The lowest BCUT2D eigenvalue weighted by Crippen LogP contribution is -2.32. The number of carbonyl (C=O) groups is 2. The van der Waals surface area contributed by atoms with Crippen molar-refractivity contribution in [1.82, 2.24) is 4.90 Å². The van der Waals surface area contributed by atoms with Crippen LogP contribution in [0.4, 0.5) is 0 Å². The first kappa shape index (κ1) is 18.8. The topological polar surface area (TPSA) is 76.1 Å². The number of carbonyl (C=O) groups excluding carboxylic acids is 1. The number of aliphatic carboxylic acids is 1. The summed E-state index contributed by atoms with van der Waals surface area (Å²) < 4.78 is 11.1. The van der Waals surface area contributed by atoms with Crippen LogP contribution in [-0.4, -0.2) is 48.7 Å². The van der Waals surface area contributed by atoms with Crippen LogP contribution in [0.15, 0.2) is 24.3 Å². The third kappa shape index (κ3) is 8.09. The monoisotopic (exact) mass is 323 g/mol. The van der Waals surface area contributed by atoms with Crippen molar-refractivity contribution in [3.05, 3.63) is 24.3 Å². The Kier molecular flexibility index (Phi) is 7.94. The van der Waals surface area contributed by atoms with E-state index in [0.29, 0.717) is 37.0 Å². The second-order valence-corrected chi connectivity index (χ2v) is 5.78. The Morgan fingerprint density at radius 2 is 1.87 bits per heavy atom. The molecule has 0 aliphatic carbocycles. The lowest BCUT2D eigenvalue weighted by molar-refractivity contribution is -0.138. The molecular formula is C17H25NO5. The van der Waals surface area contributed by atoms with Gasteiger partial charge in [-0.2, -0.15) is 0 Å². The van der Waals surface area contributed by atoms with E-state index in [1.165, 1.54) is 4.90 Å². The molecule has 0 atom stereocenters. The average Bonchev–Trinajstić information content (AvgIpc) is 2.50. The Balaban J connectivity index is 2.40. The largest absolute Gasteiger partial charge is 0.493 e. The summed E-state index contributed by atoms with van der Waals surface area (Å²) in [4.78, 5) is 23.8. The van der Waals surface area contributed by atoms with Crippen molar-refractivity contribution >= 4 is 11.9 Å². The second kappa shape index (κ2) is 9.71. The molecule has 0 heterocycles. The minimum absolute atomic E-state index is 0.0493. The van der Waals surface area contributed by atoms with E-state index in [1.807, 2.05) is 12.1 Å². The number of nitrogens with zero attached hydrogens (tertiary/aromatic N) is 1. The average molecular weight is 323 g/mol. The van der Waals surface area contributed by atoms with E-state index in [2.05, 4.69) is 13.8 Å². The van der Waals surface area contributed by atoms with Gasteiger partial charge in [0, 0.05) is 26.1 Å². The smallest absolute Gasteiger partial charge is 0.303 e. The number of likely N-dealkylation sites (N-methyl/N-ethyl adjacent to an activating group) is 1. The summed E-state index contributed by atoms with van der Waals surface area (Å²) in [6.07, 6.45) is 0.476. The molecule has 0 saturated carbocycles. The van der Waals surface area contributed by atoms with Gasteiger partial charge in [0.2, 0.25) is 0 Å². The SMILES string of the molecule is CC(C)COc1cccc(OCC(=O)N(C)CCCC(=O)O)c1. The maximum Gasteiger partial charge on any atom is 0.303 e. The summed E-state index contributed by atoms with van der Waals surface area (Å²) in [5.74, 6) is 0.654. The highest BCUT2D eigenvalue weighted by atomic mass is 16.5. The summed E-state index contributed by atoms with van der Waals surface area (Å²) >= 11 is 0. The van der Waals surface area contributed by atoms with E-state index < -0.39 is 5.97 Å². The number of amides is 1. The van der Waals surface area contributed by atoms with Gasteiger partial charge in [0.25, 0.3) is 5.91 Å². The Bertz CT molecular complexity index is 515. The van der Waals surface area contributed by atoms with Gasteiger partial charge in [0.15, 0.2) is 6.61 Å². The van der Waals surface area contributed by atoms with Crippen LogP contribution in [0, 0.1) is 5.92 Å². The molecule has 0 radical (unpaired) electrons. The predicted molar refractivity (Wildman–Crippen MR) is 86.8 cm³/mol. The van der Waals surface area contributed by atoms with E-state index >= 15 is 0 Å². The van der Waals surface area contributed by atoms with Gasteiger partial charge in [0.05, 0.1) is 6.61 Å². The number of benzene rings is 1. The highest BCUT2D eigenvalue weighted by molar-refractivity contribution is 5.77. The van der Waals surface area contributed by atoms with Gasteiger partial charge >= 0.3 is 5.97 Å². The van der Waals surface area contributed by atoms with Crippen LogP contribution in [0.2, 0.25) is 0 Å². The molecule has 1 rings (SSSR count). The molecule has 1 amide bonds. The molecule has 1 aromatic rings. The third-order valence-corrected chi connectivity index (χ3v) is 3.06. The fraction of sp³-hybridized carbons (Fsp3) is 0.529. The summed E-state index contributed by atoms with van der Waals surface area (Å²) in [6.45, 7) is 5.07. The molecule has 0 aliphatic rings. The van der Waals surface area contributed by atoms with Gasteiger partial charge < -0.3 is 19.5 Å². The van der Waals surface area contributed by atoms with E-state index in [4.69, 9.17) is 14.6 Å². The Morgan fingerprint density at radius 3 is 2.48 bits per heavy atom. The molecule has 23 heavy (non-hydrogen) atoms. The summed E-state index contributed by atoms with van der Waals surface area (Å²) in [5.41, 5.74) is 0. The van der Waals surface area contributed by atoms with Crippen molar-refractivity contribution < 1.29 is 24.2 Å². The molecule has 0 saturated heterocycles. The van der Waals surface area contributed by atoms with Crippen LogP contribution < -0.4 is 9.47 Å². The molecule has 0 aromatic heterocycles. The molecule has 6 heteroatoms. The van der Waals surface area contributed by atoms with Crippen molar-refractivity contribution in [2.45, 2.75) is 26.7 Å². The summed E-state index contributed by atoms with van der Waals surface area (Å²) in [6, 6.07) is 7.17. The van der Waals surface area contributed by atoms with E-state index in [0.717, 1.165) is 0 Å². The minimum Gasteiger partial charge on any atom is -0.493 e. The molecule has 1 N–H and O–H groups in total. The molecule has 0 fully saturated rings. The quantitative estimate of drug-likeness (QED) is 0.715. The fourth-order valence-corrected chi connectivity index (χ4v) is 1.76. The van der Waals surface area contributed by atoms with E-state index in [-0.39, 0.29) is 18.9 Å². The van der Waals surface area contributed by atoms with Crippen LogP contribution in [0.5, 0.6) is 11.5 Å². The fourth-order valence-electron chi connectivity index (χ4n) is 1.76. The van der Waals surface area contributed by atoms with Gasteiger partial charge in [0.1, 0.15) is 11.5 Å². The highest BCUT2D eigenvalue weighted by Gasteiger charge is 2.10. The first-order chi connectivity index (χ1) is 10.9. The zero-order chi connectivity index (χ0) is 17.2. The Labute approximate surface area is 137 Å². The van der Waals surface area contributed by atoms with Gasteiger partial charge in [-0.15, -0.1) is 0 Å². The number of ether oxygens (including phenoxy) is 2. The zero-order valence-corrected chi connectivity index (χ0v) is 13.9. The van der Waals surface area contributed by atoms with Crippen molar-refractivity contribution in [2.24, 2.45) is 5.92 Å². The number of rotatable bonds is 10. The number of carboxylic acids is 1. The van der Waals surface area contributed by atoms with Crippen molar-refractivity contribution in [3.8, 4) is 11.5 Å². The van der Waals surface area contributed by atoms with Gasteiger partial charge in [-0.05, 0) is 24.5 Å². The molecule has 128 valence electrons. The van der Waals surface area contributed by atoms with Crippen molar-refractivity contribution in [1.29, 1.82) is 0 Å². The Morgan fingerprint density at radius 1 is 1.22 bits per heavy atom. The lowest BCUT2D eigenvalue weighted by Gasteiger charge is -2.17.